The van der Waals surface area contributed by atoms with Crippen LogP contribution >= 0.6 is 0 Å². The fourth-order valence-corrected chi connectivity index (χ4v) is 1.33. The number of aryl methyl sites for hydroxylation is 1. The lowest BCUT2D eigenvalue weighted by Crippen LogP contribution is -2.39. The largest absolute Gasteiger partial charge is 0.352 e. The van der Waals surface area contributed by atoms with Crippen LogP contribution in [0.3, 0.4) is 0 Å². The molecule has 86 valence electrons. The molecule has 1 atom stereocenters. The predicted molar refractivity (Wildman–Crippen MR) is 61.0 cm³/mol. The van der Waals surface area contributed by atoms with Crippen LogP contribution in [0.25, 0.3) is 0 Å². The van der Waals surface area contributed by atoms with E-state index in [0.717, 1.165) is 18.5 Å². The Morgan fingerprint density at radius 3 is 2.94 bits per heavy atom. The van der Waals surface area contributed by atoms with E-state index in [1.807, 2.05) is 19.9 Å². The molecule has 2 N–H and O–H groups in total. The minimum absolute atomic E-state index is 0.00704. The number of hydrogen-bond acceptors (Lipinski definition) is 4. The number of aromatic nitrogens is 2. The Balaban J connectivity index is 1.90. The van der Waals surface area contributed by atoms with Crippen molar-refractivity contribution < 1.29 is 4.79 Å². The van der Waals surface area contributed by atoms with Gasteiger partial charge < -0.3 is 10.6 Å². The molecule has 16 heavy (non-hydrogen) atoms. The van der Waals surface area contributed by atoms with Gasteiger partial charge in [0.2, 0.25) is 11.9 Å². The normalized spacial score (nSPS) is 16.6. The minimum atomic E-state index is -0.303. The SMILES string of the molecule is Cc1ccnc(NC(C)C(=O)NC2CC2)n1. The Kier molecular flexibility index (Phi) is 3.03. The summed E-state index contributed by atoms with van der Waals surface area (Å²) in [7, 11) is 0. The summed E-state index contributed by atoms with van der Waals surface area (Å²) in [6, 6.07) is 1.90. The van der Waals surface area contributed by atoms with Crippen LogP contribution in [-0.4, -0.2) is 28.0 Å². The highest BCUT2D eigenvalue weighted by atomic mass is 16.2. The molecule has 1 amide bonds. The van der Waals surface area contributed by atoms with Gasteiger partial charge in [-0.2, -0.15) is 0 Å². The first-order valence-electron chi connectivity index (χ1n) is 5.52. The van der Waals surface area contributed by atoms with Crippen LogP contribution in [0, 0.1) is 6.92 Å². The Hall–Kier alpha value is -1.65. The van der Waals surface area contributed by atoms with Gasteiger partial charge in [-0.05, 0) is 32.8 Å². The molecular weight excluding hydrogens is 204 g/mol. The molecule has 2 rings (SSSR count). The maximum atomic E-state index is 11.7. The second kappa shape index (κ2) is 4.47. The van der Waals surface area contributed by atoms with Crippen LogP contribution in [0.1, 0.15) is 25.5 Å². The zero-order valence-corrected chi connectivity index (χ0v) is 9.53. The van der Waals surface area contributed by atoms with Crippen molar-refractivity contribution in [1.29, 1.82) is 0 Å². The Morgan fingerprint density at radius 1 is 1.56 bits per heavy atom. The average Bonchev–Trinajstić information content (AvgIpc) is 3.01. The molecule has 5 heteroatoms. The van der Waals surface area contributed by atoms with E-state index in [-0.39, 0.29) is 11.9 Å². The van der Waals surface area contributed by atoms with Gasteiger partial charge in [0.1, 0.15) is 6.04 Å². The summed E-state index contributed by atoms with van der Waals surface area (Å²) in [5.74, 6) is 0.506. The standard InChI is InChI=1S/C11H16N4O/c1-7-5-6-12-11(13-7)14-8(2)10(16)15-9-3-4-9/h5-6,8-9H,3-4H2,1-2H3,(H,15,16)(H,12,13,14). The van der Waals surface area contributed by atoms with Crippen molar-refractivity contribution in [2.45, 2.75) is 38.8 Å². The topological polar surface area (TPSA) is 66.9 Å². The molecule has 0 saturated heterocycles. The molecular formula is C11H16N4O. The Labute approximate surface area is 94.7 Å². The van der Waals surface area contributed by atoms with E-state index in [2.05, 4.69) is 20.6 Å². The van der Waals surface area contributed by atoms with Gasteiger partial charge in [-0.1, -0.05) is 0 Å². The molecule has 1 aliphatic rings. The average molecular weight is 220 g/mol. The monoisotopic (exact) mass is 220 g/mol. The van der Waals surface area contributed by atoms with Crippen molar-refractivity contribution in [1.82, 2.24) is 15.3 Å². The quantitative estimate of drug-likeness (QED) is 0.790. The van der Waals surface area contributed by atoms with E-state index in [1.54, 1.807) is 6.20 Å². The zero-order valence-electron chi connectivity index (χ0n) is 9.53. The first-order valence-corrected chi connectivity index (χ1v) is 5.52. The molecule has 0 bridgehead atoms. The smallest absolute Gasteiger partial charge is 0.242 e. The van der Waals surface area contributed by atoms with Crippen molar-refractivity contribution in [2.24, 2.45) is 0 Å². The second-order valence-electron chi connectivity index (χ2n) is 4.17. The van der Waals surface area contributed by atoms with Crippen LogP contribution in [-0.2, 0) is 4.79 Å². The van der Waals surface area contributed by atoms with Gasteiger partial charge in [-0.15, -0.1) is 0 Å². The molecule has 0 aliphatic heterocycles. The van der Waals surface area contributed by atoms with E-state index in [0.29, 0.717) is 12.0 Å². The molecule has 0 aromatic carbocycles. The van der Waals surface area contributed by atoms with Gasteiger partial charge in [-0.25, -0.2) is 9.97 Å². The maximum Gasteiger partial charge on any atom is 0.242 e. The lowest BCUT2D eigenvalue weighted by atomic mass is 10.3. The second-order valence-corrected chi connectivity index (χ2v) is 4.17. The number of amides is 1. The summed E-state index contributed by atoms with van der Waals surface area (Å²) < 4.78 is 0. The number of hydrogen-bond donors (Lipinski definition) is 2. The van der Waals surface area contributed by atoms with Crippen LogP contribution in [0.2, 0.25) is 0 Å². The van der Waals surface area contributed by atoms with Crippen molar-refractivity contribution in [3.05, 3.63) is 18.0 Å². The van der Waals surface area contributed by atoms with Gasteiger partial charge in [-0.3, -0.25) is 4.79 Å². The molecule has 1 saturated carbocycles. The van der Waals surface area contributed by atoms with Gasteiger partial charge in [0.25, 0.3) is 0 Å². The summed E-state index contributed by atoms with van der Waals surface area (Å²) in [6.45, 7) is 3.70. The molecule has 1 unspecified atom stereocenters. The van der Waals surface area contributed by atoms with E-state index >= 15 is 0 Å². The molecule has 1 aromatic heterocycles. The lowest BCUT2D eigenvalue weighted by Gasteiger charge is -2.13. The number of carbonyl (C=O) groups excluding carboxylic acids is 1. The fourth-order valence-electron chi connectivity index (χ4n) is 1.33. The number of nitrogens with one attached hydrogen (secondary N) is 2. The van der Waals surface area contributed by atoms with Gasteiger partial charge in [0.15, 0.2) is 0 Å². The Morgan fingerprint density at radius 2 is 2.31 bits per heavy atom. The lowest BCUT2D eigenvalue weighted by molar-refractivity contribution is -0.121. The third-order valence-corrected chi connectivity index (χ3v) is 2.46. The predicted octanol–water partition coefficient (Wildman–Crippen LogP) is 0.864. The van der Waals surface area contributed by atoms with Crippen molar-refractivity contribution in [3.63, 3.8) is 0 Å². The van der Waals surface area contributed by atoms with Gasteiger partial charge in [0.05, 0.1) is 0 Å². The summed E-state index contributed by atoms with van der Waals surface area (Å²) >= 11 is 0. The van der Waals surface area contributed by atoms with Crippen LogP contribution < -0.4 is 10.6 Å². The molecule has 1 fully saturated rings. The highest BCUT2D eigenvalue weighted by molar-refractivity contribution is 5.84. The van der Waals surface area contributed by atoms with Crippen molar-refractivity contribution >= 4 is 11.9 Å². The first kappa shape index (κ1) is 10.9. The zero-order chi connectivity index (χ0) is 11.5. The van der Waals surface area contributed by atoms with Crippen LogP contribution in [0.4, 0.5) is 5.95 Å². The van der Waals surface area contributed by atoms with E-state index in [1.165, 1.54) is 0 Å². The molecule has 1 aliphatic carbocycles. The van der Waals surface area contributed by atoms with E-state index in [9.17, 15) is 4.79 Å². The van der Waals surface area contributed by atoms with Crippen molar-refractivity contribution in [2.75, 3.05) is 5.32 Å². The van der Waals surface area contributed by atoms with Gasteiger partial charge in [0, 0.05) is 17.9 Å². The molecule has 1 heterocycles. The molecule has 5 nitrogen and oxygen atoms in total. The summed E-state index contributed by atoms with van der Waals surface area (Å²) in [6.07, 6.45) is 3.87. The highest BCUT2D eigenvalue weighted by Crippen LogP contribution is 2.18. The number of anilines is 1. The van der Waals surface area contributed by atoms with Crippen molar-refractivity contribution in [3.8, 4) is 0 Å². The third kappa shape index (κ3) is 2.92. The maximum absolute atomic E-state index is 11.7. The number of rotatable bonds is 4. The van der Waals surface area contributed by atoms with E-state index in [4.69, 9.17) is 0 Å². The number of carbonyl (C=O) groups is 1. The van der Waals surface area contributed by atoms with Crippen LogP contribution in [0.5, 0.6) is 0 Å². The summed E-state index contributed by atoms with van der Waals surface area (Å²) in [5.41, 5.74) is 0.882. The summed E-state index contributed by atoms with van der Waals surface area (Å²) in [5, 5.41) is 5.91. The molecule has 1 aromatic rings. The minimum Gasteiger partial charge on any atom is -0.352 e. The molecule has 0 spiro atoms. The third-order valence-electron chi connectivity index (χ3n) is 2.46. The van der Waals surface area contributed by atoms with E-state index < -0.39 is 0 Å². The fraction of sp³-hybridized carbons (Fsp3) is 0.545. The first-order chi connectivity index (χ1) is 7.65. The van der Waals surface area contributed by atoms with Crippen LogP contribution in [0.15, 0.2) is 12.3 Å². The summed E-state index contributed by atoms with van der Waals surface area (Å²) in [4.78, 5) is 19.9. The Bertz CT molecular complexity index is 389. The molecule has 0 radical (unpaired) electrons. The van der Waals surface area contributed by atoms with Gasteiger partial charge >= 0.3 is 0 Å². The highest BCUT2D eigenvalue weighted by Gasteiger charge is 2.25. The number of nitrogens with zero attached hydrogens (tertiary/aromatic N) is 2.